The largest absolute Gasteiger partial charge is 0.273 e. The number of carbonyl (C=O) groups is 2. The summed E-state index contributed by atoms with van der Waals surface area (Å²) in [5.41, 5.74) is 2.19. The van der Waals surface area contributed by atoms with Crippen molar-refractivity contribution >= 4 is 29.0 Å². The molecule has 4 heteroatoms. The Hall–Kier alpha value is -1.61. The van der Waals surface area contributed by atoms with Crippen LogP contribution in [0.15, 0.2) is 29.3 Å². The Balaban J connectivity index is 1.93. The average Bonchev–Trinajstić information content (AvgIpc) is 2.72. The van der Waals surface area contributed by atoms with E-state index in [-0.39, 0.29) is 22.9 Å². The standard InChI is InChI=1S/C17H18ClNO2/c1-11-7-9-12(10-8-11)14-15(18)17(21)19(16(14)20)13-5-3-2-4-6-13/h7-10,13H,2-6H2,1H3. The molecule has 1 aromatic carbocycles. The predicted octanol–water partition coefficient (Wildman–Crippen LogP) is 3.65. The maximum Gasteiger partial charge on any atom is 0.273 e. The lowest BCUT2D eigenvalue weighted by atomic mass is 9.94. The van der Waals surface area contributed by atoms with Crippen molar-refractivity contribution in [3.8, 4) is 0 Å². The summed E-state index contributed by atoms with van der Waals surface area (Å²) >= 11 is 6.18. The van der Waals surface area contributed by atoms with Crippen LogP contribution in [0.2, 0.25) is 0 Å². The average molecular weight is 304 g/mol. The zero-order valence-electron chi connectivity index (χ0n) is 12.1. The van der Waals surface area contributed by atoms with E-state index in [0.29, 0.717) is 5.57 Å². The van der Waals surface area contributed by atoms with Gasteiger partial charge in [-0.2, -0.15) is 0 Å². The highest BCUT2D eigenvalue weighted by Crippen LogP contribution is 2.36. The molecule has 0 N–H and O–H groups in total. The van der Waals surface area contributed by atoms with Crippen LogP contribution in [0.5, 0.6) is 0 Å². The van der Waals surface area contributed by atoms with Gasteiger partial charge in [0.25, 0.3) is 11.8 Å². The molecule has 110 valence electrons. The zero-order chi connectivity index (χ0) is 15.0. The van der Waals surface area contributed by atoms with Crippen molar-refractivity contribution in [1.29, 1.82) is 0 Å². The summed E-state index contributed by atoms with van der Waals surface area (Å²) in [7, 11) is 0. The minimum absolute atomic E-state index is 0.00967. The van der Waals surface area contributed by atoms with E-state index in [1.165, 1.54) is 11.3 Å². The van der Waals surface area contributed by atoms with Crippen LogP contribution in [0.4, 0.5) is 0 Å². The van der Waals surface area contributed by atoms with Crippen LogP contribution in [-0.4, -0.2) is 22.8 Å². The smallest absolute Gasteiger partial charge is 0.270 e. The van der Waals surface area contributed by atoms with E-state index in [0.717, 1.165) is 36.8 Å². The second kappa shape index (κ2) is 5.64. The van der Waals surface area contributed by atoms with Gasteiger partial charge in [-0.15, -0.1) is 0 Å². The van der Waals surface area contributed by atoms with Crippen molar-refractivity contribution in [2.75, 3.05) is 0 Å². The van der Waals surface area contributed by atoms with Crippen LogP contribution in [0.1, 0.15) is 43.2 Å². The van der Waals surface area contributed by atoms with E-state index in [9.17, 15) is 9.59 Å². The number of benzene rings is 1. The molecule has 0 bridgehead atoms. The maximum absolute atomic E-state index is 12.7. The van der Waals surface area contributed by atoms with Gasteiger partial charge >= 0.3 is 0 Å². The molecular formula is C17H18ClNO2. The highest BCUT2D eigenvalue weighted by atomic mass is 35.5. The van der Waals surface area contributed by atoms with Gasteiger partial charge in [0.05, 0.1) is 5.57 Å². The molecule has 0 spiro atoms. The summed E-state index contributed by atoms with van der Waals surface area (Å²) in [6.07, 6.45) is 5.10. The zero-order valence-corrected chi connectivity index (χ0v) is 12.8. The fourth-order valence-electron chi connectivity index (χ4n) is 3.16. The van der Waals surface area contributed by atoms with E-state index >= 15 is 0 Å². The Morgan fingerprint density at radius 2 is 1.62 bits per heavy atom. The van der Waals surface area contributed by atoms with Crippen LogP contribution in [0.25, 0.3) is 5.57 Å². The van der Waals surface area contributed by atoms with Gasteiger partial charge < -0.3 is 0 Å². The molecule has 0 atom stereocenters. The van der Waals surface area contributed by atoms with E-state index in [1.807, 2.05) is 31.2 Å². The Kier molecular flexibility index (Phi) is 3.85. The molecule has 1 fully saturated rings. The third kappa shape index (κ3) is 2.51. The number of halogens is 1. The minimum Gasteiger partial charge on any atom is -0.270 e. The van der Waals surface area contributed by atoms with Crippen LogP contribution in [0.3, 0.4) is 0 Å². The van der Waals surface area contributed by atoms with Gasteiger partial charge in [0, 0.05) is 6.04 Å². The Morgan fingerprint density at radius 3 is 2.24 bits per heavy atom. The Labute approximate surface area is 129 Å². The second-order valence-corrected chi connectivity index (χ2v) is 6.21. The van der Waals surface area contributed by atoms with Crippen LogP contribution in [-0.2, 0) is 9.59 Å². The molecule has 0 radical (unpaired) electrons. The molecule has 0 aromatic heterocycles. The van der Waals surface area contributed by atoms with Crippen molar-refractivity contribution in [2.24, 2.45) is 0 Å². The minimum atomic E-state index is -0.329. The van der Waals surface area contributed by atoms with Crippen molar-refractivity contribution < 1.29 is 9.59 Å². The molecular weight excluding hydrogens is 286 g/mol. The SMILES string of the molecule is Cc1ccc(C2=C(Cl)C(=O)N(C3CCCCC3)C2=O)cc1. The number of nitrogens with zero attached hydrogens (tertiary/aromatic N) is 1. The molecule has 1 aromatic rings. The van der Waals surface area contributed by atoms with Crippen molar-refractivity contribution in [2.45, 2.75) is 45.1 Å². The first-order valence-electron chi connectivity index (χ1n) is 7.44. The topological polar surface area (TPSA) is 37.4 Å². The first-order chi connectivity index (χ1) is 10.1. The summed E-state index contributed by atoms with van der Waals surface area (Å²) in [6.45, 7) is 1.98. The number of amides is 2. The van der Waals surface area contributed by atoms with Gasteiger partial charge in [0.15, 0.2) is 0 Å². The fraction of sp³-hybridized carbons (Fsp3) is 0.412. The van der Waals surface area contributed by atoms with Gasteiger partial charge in [-0.25, -0.2) is 0 Å². The normalized spacial score (nSPS) is 20.6. The predicted molar refractivity (Wildman–Crippen MR) is 82.7 cm³/mol. The molecule has 1 aliphatic carbocycles. The summed E-state index contributed by atoms with van der Waals surface area (Å²) in [5, 5.41) is 0.0643. The highest BCUT2D eigenvalue weighted by Gasteiger charge is 2.42. The van der Waals surface area contributed by atoms with Gasteiger partial charge in [0.1, 0.15) is 5.03 Å². The second-order valence-electron chi connectivity index (χ2n) is 5.83. The summed E-state index contributed by atoms with van der Waals surface area (Å²) in [5.74, 6) is -0.565. The molecule has 2 aliphatic rings. The first-order valence-corrected chi connectivity index (χ1v) is 7.82. The van der Waals surface area contributed by atoms with E-state index < -0.39 is 0 Å². The van der Waals surface area contributed by atoms with Crippen molar-refractivity contribution in [3.63, 3.8) is 0 Å². The van der Waals surface area contributed by atoms with E-state index in [1.54, 1.807) is 0 Å². The Morgan fingerprint density at radius 1 is 1.00 bits per heavy atom. The molecule has 0 unspecified atom stereocenters. The number of aryl methyl sites for hydroxylation is 1. The molecule has 2 amide bonds. The van der Waals surface area contributed by atoms with Gasteiger partial charge in [-0.3, -0.25) is 14.5 Å². The summed E-state index contributed by atoms with van der Waals surface area (Å²) in [4.78, 5) is 26.4. The third-order valence-corrected chi connectivity index (χ3v) is 4.69. The first kappa shape index (κ1) is 14.3. The van der Waals surface area contributed by atoms with Crippen molar-refractivity contribution in [3.05, 3.63) is 40.4 Å². The number of rotatable bonds is 2. The van der Waals surface area contributed by atoms with Crippen LogP contribution < -0.4 is 0 Å². The number of hydrogen-bond acceptors (Lipinski definition) is 2. The molecule has 3 nitrogen and oxygen atoms in total. The molecule has 0 saturated heterocycles. The molecule has 21 heavy (non-hydrogen) atoms. The molecule has 3 rings (SSSR count). The fourth-order valence-corrected chi connectivity index (χ4v) is 3.44. The monoisotopic (exact) mass is 303 g/mol. The van der Waals surface area contributed by atoms with Crippen molar-refractivity contribution in [1.82, 2.24) is 4.90 Å². The highest BCUT2D eigenvalue weighted by molar-refractivity contribution is 6.55. The summed E-state index contributed by atoms with van der Waals surface area (Å²) in [6, 6.07) is 7.56. The lowest BCUT2D eigenvalue weighted by Gasteiger charge is -2.29. The lowest BCUT2D eigenvalue weighted by molar-refractivity contribution is -0.139. The van der Waals surface area contributed by atoms with E-state index in [2.05, 4.69) is 0 Å². The van der Waals surface area contributed by atoms with Gasteiger partial charge in [-0.05, 0) is 25.3 Å². The lowest BCUT2D eigenvalue weighted by Crippen LogP contribution is -2.41. The maximum atomic E-state index is 12.7. The van der Waals surface area contributed by atoms with E-state index in [4.69, 9.17) is 11.6 Å². The van der Waals surface area contributed by atoms with Gasteiger partial charge in [0.2, 0.25) is 0 Å². The Bertz CT molecular complexity index is 612. The number of imide groups is 1. The molecule has 1 aliphatic heterocycles. The van der Waals surface area contributed by atoms with Gasteiger partial charge in [-0.1, -0.05) is 60.7 Å². The number of hydrogen-bond donors (Lipinski definition) is 0. The molecule has 1 saturated carbocycles. The molecule has 1 heterocycles. The summed E-state index contributed by atoms with van der Waals surface area (Å²) < 4.78 is 0. The quantitative estimate of drug-likeness (QED) is 0.782. The van der Waals surface area contributed by atoms with Crippen LogP contribution >= 0.6 is 11.6 Å². The number of carbonyl (C=O) groups excluding carboxylic acids is 2. The third-order valence-electron chi connectivity index (χ3n) is 4.34. The van der Waals surface area contributed by atoms with Crippen LogP contribution in [0, 0.1) is 6.92 Å².